The van der Waals surface area contributed by atoms with E-state index in [0.29, 0.717) is 5.92 Å². The third kappa shape index (κ3) is 5.02. The third-order valence-electron chi connectivity index (χ3n) is 2.84. The van der Waals surface area contributed by atoms with E-state index in [-0.39, 0.29) is 0 Å². The molecule has 0 N–H and O–H groups in total. The highest BCUT2D eigenvalue weighted by molar-refractivity contribution is 5.79. The minimum absolute atomic E-state index is 0.666. The van der Waals surface area contributed by atoms with E-state index < -0.39 is 0 Å². The zero-order chi connectivity index (χ0) is 14.3. The van der Waals surface area contributed by atoms with E-state index in [9.17, 15) is 0 Å². The fourth-order valence-corrected chi connectivity index (χ4v) is 1.96. The van der Waals surface area contributed by atoms with Gasteiger partial charge in [0, 0.05) is 11.1 Å². The highest BCUT2D eigenvalue weighted by Crippen LogP contribution is 2.16. The van der Waals surface area contributed by atoms with E-state index in [1.807, 2.05) is 0 Å². The molecule has 1 nitrogen and oxygen atoms in total. The van der Waals surface area contributed by atoms with Gasteiger partial charge in [0.05, 0.1) is 5.52 Å². The minimum atomic E-state index is 0.666. The average Bonchev–Trinajstić information content (AvgIpc) is 2.38. The maximum Gasteiger partial charge on any atom is 0.0708 e. The molecule has 0 saturated heterocycles. The number of benzene rings is 1. The van der Waals surface area contributed by atoms with Crippen molar-refractivity contribution in [2.24, 2.45) is 5.92 Å². The quantitative estimate of drug-likeness (QED) is 0.716. The fraction of sp³-hybridized carbons (Fsp3) is 0.500. The van der Waals surface area contributed by atoms with Gasteiger partial charge in [0.2, 0.25) is 0 Å². The Labute approximate surface area is 118 Å². The van der Waals surface area contributed by atoms with Crippen molar-refractivity contribution in [1.29, 1.82) is 0 Å². The van der Waals surface area contributed by atoms with Crippen LogP contribution < -0.4 is 0 Å². The van der Waals surface area contributed by atoms with Gasteiger partial charge in [-0.2, -0.15) is 0 Å². The predicted molar refractivity (Wildman–Crippen MR) is 85.6 cm³/mol. The number of aryl methyl sites for hydroxylation is 1. The van der Waals surface area contributed by atoms with Crippen LogP contribution in [0.3, 0.4) is 0 Å². The zero-order valence-corrected chi connectivity index (χ0v) is 13.0. The molecule has 0 radical (unpaired) electrons. The molecular formula is C18H27N. The summed E-state index contributed by atoms with van der Waals surface area (Å²) in [7, 11) is 0. The summed E-state index contributed by atoms with van der Waals surface area (Å²) >= 11 is 0. The van der Waals surface area contributed by atoms with Gasteiger partial charge in [-0.15, -0.1) is 0 Å². The average molecular weight is 257 g/mol. The molecule has 0 fully saturated rings. The van der Waals surface area contributed by atoms with Crippen LogP contribution in [0.15, 0.2) is 30.3 Å². The van der Waals surface area contributed by atoms with Crippen LogP contribution in [0, 0.1) is 5.92 Å². The molecule has 104 valence electrons. The molecule has 1 aromatic carbocycles. The SMILES string of the molecule is CCC.CCc1ccc2ccc(CC(C)C)nc2c1. The Bertz CT molecular complexity index is 500. The number of hydrogen-bond donors (Lipinski definition) is 0. The minimum Gasteiger partial charge on any atom is -0.253 e. The molecule has 2 aromatic rings. The van der Waals surface area contributed by atoms with Gasteiger partial charge in [0.1, 0.15) is 0 Å². The molecule has 0 atom stereocenters. The van der Waals surface area contributed by atoms with E-state index in [2.05, 4.69) is 65.0 Å². The van der Waals surface area contributed by atoms with Gasteiger partial charge in [-0.3, -0.25) is 4.98 Å². The topological polar surface area (TPSA) is 12.9 Å². The molecule has 0 amide bonds. The number of pyridine rings is 1. The van der Waals surface area contributed by atoms with Crippen molar-refractivity contribution in [3.05, 3.63) is 41.6 Å². The number of aromatic nitrogens is 1. The standard InChI is InChI=1S/C15H19N.C3H8/c1-4-12-5-6-13-7-8-14(9-11(2)3)16-15(13)10-12;1-3-2/h5-8,10-11H,4,9H2,1-3H3;3H2,1-2H3. The lowest BCUT2D eigenvalue weighted by molar-refractivity contribution is 0.637. The lowest BCUT2D eigenvalue weighted by Crippen LogP contribution is -1.97. The highest BCUT2D eigenvalue weighted by Gasteiger charge is 2.01. The van der Waals surface area contributed by atoms with Crippen molar-refractivity contribution >= 4 is 10.9 Å². The summed E-state index contributed by atoms with van der Waals surface area (Å²) in [4.78, 5) is 4.72. The summed E-state index contributed by atoms with van der Waals surface area (Å²) in [5.74, 6) is 0.666. The van der Waals surface area contributed by atoms with Crippen LogP contribution in [0.5, 0.6) is 0 Å². The molecule has 1 aromatic heterocycles. The van der Waals surface area contributed by atoms with Gasteiger partial charge in [0.15, 0.2) is 0 Å². The first kappa shape index (κ1) is 15.7. The Morgan fingerprint density at radius 1 is 1.00 bits per heavy atom. The maximum atomic E-state index is 4.72. The highest BCUT2D eigenvalue weighted by atomic mass is 14.7. The lowest BCUT2D eigenvalue weighted by atomic mass is 10.1. The van der Waals surface area contributed by atoms with Crippen LogP contribution in [0.2, 0.25) is 0 Å². The molecule has 0 aliphatic heterocycles. The molecular weight excluding hydrogens is 230 g/mol. The fourth-order valence-electron chi connectivity index (χ4n) is 1.96. The van der Waals surface area contributed by atoms with Crippen LogP contribution in [-0.4, -0.2) is 4.98 Å². The van der Waals surface area contributed by atoms with E-state index in [1.54, 1.807) is 0 Å². The van der Waals surface area contributed by atoms with Crippen molar-refractivity contribution in [2.45, 2.75) is 53.9 Å². The van der Waals surface area contributed by atoms with Crippen molar-refractivity contribution in [2.75, 3.05) is 0 Å². The molecule has 0 spiro atoms. The van der Waals surface area contributed by atoms with E-state index in [0.717, 1.165) is 18.4 Å². The first-order valence-corrected chi connectivity index (χ1v) is 7.49. The van der Waals surface area contributed by atoms with Crippen molar-refractivity contribution < 1.29 is 0 Å². The van der Waals surface area contributed by atoms with E-state index >= 15 is 0 Å². The summed E-state index contributed by atoms with van der Waals surface area (Å²) in [6, 6.07) is 10.9. The largest absolute Gasteiger partial charge is 0.253 e. The Balaban J connectivity index is 0.000000550. The summed E-state index contributed by atoms with van der Waals surface area (Å²) in [5.41, 5.74) is 3.70. The number of rotatable bonds is 3. The van der Waals surface area contributed by atoms with Gasteiger partial charge >= 0.3 is 0 Å². The third-order valence-corrected chi connectivity index (χ3v) is 2.84. The van der Waals surface area contributed by atoms with Gasteiger partial charge in [-0.25, -0.2) is 0 Å². The van der Waals surface area contributed by atoms with Crippen LogP contribution >= 0.6 is 0 Å². The number of hydrogen-bond acceptors (Lipinski definition) is 1. The molecule has 0 aliphatic rings. The maximum absolute atomic E-state index is 4.72. The molecule has 19 heavy (non-hydrogen) atoms. The van der Waals surface area contributed by atoms with Gasteiger partial charge in [-0.05, 0) is 36.5 Å². The molecule has 1 heterocycles. The second kappa shape index (κ2) is 7.93. The first-order valence-electron chi connectivity index (χ1n) is 7.49. The van der Waals surface area contributed by atoms with Crippen molar-refractivity contribution in [3.8, 4) is 0 Å². The van der Waals surface area contributed by atoms with Crippen LogP contribution in [0.1, 0.15) is 52.3 Å². The van der Waals surface area contributed by atoms with Gasteiger partial charge < -0.3 is 0 Å². The molecule has 0 aliphatic carbocycles. The second-order valence-corrected chi connectivity index (χ2v) is 5.49. The zero-order valence-electron chi connectivity index (χ0n) is 13.0. The monoisotopic (exact) mass is 257 g/mol. The normalized spacial score (nSPS) is 10.4. The predicted octanol–water partition coefficient (Wildman–Crippen LogP) is 5.41. The van der Waals surface area contributed by atoms with Crippen molar-refractivity contribution in [1.82, 2.24) is 4.98 Å². The Morgan fingerprint density at radius 2 is 1.63 bits per heavy atom. The van der Waals surface area contributed by atoms with Crippen LogP contribution in [0.25, 0.3) is 10.9 Å². The van der Waals surface area contributed by atoms with Crippen LogP contribution in [-0.2, 0) is 12.8 Å². The Hall–Kier alpha value is -1.37. The van der Waals surface area contributed by atoms with Gasteiger partial charge in [-0.1, -0.05) is 59.2 Å². The van der Waals surface area contributed by atoms with E-state index in [1.165, 1.54) is 23.1 Å². The smallest absolute Gasteiger partial charge is 0.0708 e. The molecule has 0 bridgehead atoms. The lowest BCUT2D eigenvalue weighted by Gasteiger charge is -2.06. The molecule has 2 rings (SSSR count). The molecule has 0 saturated carbocycles. The molecule has 1 heteroatoms. The Kier molecular flexibility index (Phi) is 6.55. The number of nitrogens with zero attached hydrogens (tertiary/aromatic N) is 1. The summed E-state index contributed by atoms with van der Waals surface area (Å²) in [5, 5.41) is 1.24. The number of fused-ring (bicyclic) bond motifs is 1. The van der Waals surface area contributed by atoms with Gasteiger partial charge in [0.25, 0.3) is 0 Å². The summed E-state index contributed by atoms with van der Waals surface area (Å²) in [6.45, 7) is 10.9. The Morgan fingerprint density at radius 3 is 2.21 bits per heavy atom. The second-order valence-electron chi connectivity index (χ2n) is 5.49. The van der Waals surface area contributed by atoms with E-state index in [4.69, 9.17) is 4.98 Å². The summed E-state index contributed by atoms with van der Waals surface area (Å²) in [6.07, 6.45) is 3.39. The molecule has 0 unspecified atom stereocenters. The van der Waals surface area contributed by atoms with Crippen LogP contribution in [0.4, 0.5) is 0 Å². The van der Waals surface area contributed by atoms with Crippen molar-refractivity contribution in [3.63, 3.8) is 0 Å². The first-order chi connectivity index (χ1) is 9.10. The summed E-state index contributed by atoms with van der Waals surface area (Å²) < 4.78 is 0.